The first-order chi connectivity index (χ1) is 34.0. The van der Waals surface area contributed by atoms with Crippen molar-refractivity contribution < 1.29 is 12.0 Å². The number of hydrogen-bond acceptors (Lipinski definition) is 3. The summed E-state index contributed by atoms with van der Waals surface area (Å²) in [7, 11) is 0. The van der Waals surface area contributed by atoms with Gasteiger partial charge in [-0.05, 0) is 150 Å². The van der Waals surface area contributed by atoms with Crippen molar-refractivity contribution in [2.45, 2.75) is 151 Å². The number of aromatic hydroxyl groups is 1. The molecule has 2 aromatic heterocycles. The lowest BCUT2D eigenvalue weighted by molar-refractivity contribution is 0.446. The van der Waals surface area contributed by atoms with Crippen LogP contribution in [0.3, 0.4) is 0 Å². The maximum atomic E-state index is 12.6. The monoisotopic (exact) mass is 919 g/mol. The molecule has 0 amide bonds. The molecule has 0 aliphatic rings. The fourth-order valence-electron chi connectivity index (χ4n) is 9.44. The van der Waals surface area contributed by atoms with Gasteiger partial charge in [-0.25, -0.2) is 4.98 Å². The lowest BCUT2D eigenvalue weighted by atomic mass is 9.79. The number of hydrogen-bond donors (Lipinski definition) is 1. The number of nitrogens with zero attached hydrogens (tertiary/aromatic N) is 3. The molecule has 0 unspecified atom stereocenters. The lowest BCUT2D eigenvalue weighted by Gasteiger charge is -2.27. The summed E-state index contributed by atoms with van der Waals surface area (Å²) in [5, 5.41) is 12.6. The van der Waals surface area contributed by atoms with Gasteiger partial charge in [-0.1, -0.05) is 184 Å². The Kier molecular flexibility index (Phi) is 11.1. The highest BCUT2D eigenvalue weighted by Gasteiger charge is 2.30. The number of phenolic OH excluding ortho intramolecular Hbond substituents is 1. The van der Waals surface area contributed by atoms with Crippen LogP contribution < -0.4 is 0 Å². The molecule has 69 heavy (non-hydrogen) atoms. The van der Waals surface area contributed by atoms with Gasteiger partial charge < -0.3 is 5.11 Å². The van der Waals surface area contributed by atoms with Crippen molar-refractivity contribution in [3.63, 3.8) is 0 Å². The maximum absolute atomic E-state index is 12.6. The van der Waals surface area contributed by atoms with E-state index in [2.05, 4.69) is 150 Å². The summed E-state index contributed by atoms with van der Waals surface area (Å²) >= 11 is 0. The second-order valence-corrected chi connectivity index (χ2v) is 23.6. The molecule has 0 saturated carbocycles. The lowest BCUT2D eigenvalue weighted by Crippen LogP contribution is -2.17. The first kappa shape index (κ1) is 42.8. The molecule has 0 aliphatic heterocycles. The number of phenols is 1. The van der Waals surface area contributed by atoms with E-state index in [9.17, 15) is 12.0 Å². The molecule has 2 heterocycles. The third kappa shape index (κ3) is 9.70. The standard InChI is InChI=1S/C65H75N3O/c1-39(2)50-20-18-21-51(40(3)4)58(50)44-26-29-56(41(5)32-44)68-57-23-19-22-52(59(57)67-61(68)53-37-49(64(12,13)14)38-54(60(53)69)65(15,16)17)45-33-46(35-48(34-45)63(9,10)11)55-36-43(30-31-66-55)42-24-27-47(28-25-42)62(6,7)8/h18-40,69H,1-17H3/i5D3,39D,40D. The molecule has 8 rings (SSSR count). The molecular weight excluding hydrogens is 839 g/mol. The third-order valence-electron chi connectivity index (χ3n) is 13.6. The summed E-state index contributed by atoms with van der Waals surface area (Å²) in [6.45, 7) is 30.6. The number of benzene rings is 6. The smallest absolute Gasteiger partial charge is 0.149 e. The van der Waals surface area contributed by atoms with Gasteiger partial charge in [0.1, 0.15) is 11.6 Å². The topological polar surface area (TPSA) is 50.9 Å². The number of imidazole rings is 1. The first-order valence-corrected chi connectivity index (χ1v) is 24.5. The quantitative estimate of drug-likeness (QED) is 0.165. The zero-order valence-electron chi connectivity index (χ0n) is 48.9. The van der Waals surface area contributed by atoms with Crippen LogP contribution in [0.15, 0.2) is 128 Å². The minimum atomic E-state index is -2.63. The Morgan fingerprint density at radius 2 is 1.13 bits per heavy atom. The van der Waals surface area contributed by atoms with Crippen molar-refractivity contribution in [1.29, 1.82) is 0 Å². The molecule has 0 bridgehead atoms. The predicted molar refractivity (Wildman–Crippen MR) is 295 cm³/mol. The molecule has 0 aliphatic carbocycles. The Morgan fingerprint density at radius 1 is 0.536 bits per heavy atom. The van der Waals surface area contributed by atoms with Gasteiger partial charge in [0.05, 0.1) is 28.0 Å². The van der Waals surface area contributed by atoms with E-state index in [1.165, 1.54) is 5.56 Å². The van der Waals surface area contributed by atoms with Crippen LogP contribution in [0, 0.1) is 6.85 Å². The molecular formula is C65H75N3O. The number of aryl methyl sites for hydroxylation is 1. The highest BCUT2D eigenvalue weighted by Crippen LogP contribution is 2.46. The second kappa shape index (κ2) is 17.9. The molecule has 356 valence electrons. The predicted octanol–water partition coefficient (Wildman–Crippen LogP) is 18.2. The summed E-state index contributed by atoms with van der Waals surface area (Å²) < 4.78 is 48.0. The minimum absolute atomic E-state index is 0.0393. The van der Waals surface area contributed by atoms with E-state index < -0.39 is 24.1 Å². The fraction of sp³-hybridized carbons (Fsp3) is 0.354. The molecule has 0 atom stereocenters. The molecule has 4 heteroatoms. The van der Waals surface area contributed by atoms with Crippen molar-refractivity contribution in [2.75, 3.05) is 0 Å². The molecule has 0 spiro atoms. The summed E-state index contributed by atoms with van der Waals surface area (Å²) in [6, 6.07) is 40.9. The zero-order valence-corrected chi connectivity index (χ0v) is 43.9. The molecule has 4 nitrogen and oxygen atoms in total. The van der Waals surface area contributed by atoms with Crippen LogP contribution in [0.4, 0.5) is 0 Å². The van der Waals surface area contributed by atoms with E-state index >= 15 is 0 Å². The number of fused-ring (bicyclic) bond motifs is 1. The van der Waals surface area contributed by atoms with Crippen LogP contribution in [0.1, 0.15) is 168 Å². The van der Waals surface area contributed by atoms with Crippen molar-refractivity contribution in [2.24, 2.45) is 0 Å². The van der Waals surface area contributed by atoms with Crippen molar-refractivity contribution >= 4 is 11.0 Å². The van der Waals surface area contributed by atoms with Gasteiger partial charge in [-0.2, -0.15) is 0 Å². The van der Waals surface area contributed by atoms with Crippen LogP contribution in [0.25, 0.3) is 72.7 Å². The summed E-state index contributed by atoms with van der Waals surface area (Å²) in [6.07, 6.45) is 1.87. The van der Waals surface area contributed by atoms with E-state index in [-0.39, 0.29) is 27.6 Å². The van der Waals surface area contributed by atoms with E-state index in [4.69, 9.17) is 9.97 Å². The van der Waals surface area contributed by atoms with Gasteiger partial charge in [0, 0.05) is 29.7 Å². The first-order valence-electron chi connectivity index (χ1n) is 27.0. The molecule has 0 fully saturated rings. The molecule has 1 N–H and O–H groups in total. The van der Waals surface area contributed by atoms with E-state index in [0.29, 0.717) is 50.4 Å². The normalized spacial score (nSPS) is 14.3. The summed E-state index contributed by atoms with van der Waals surface area (Å²) in [5.74, 6) is -1.62. The Labute approximate surface area is 421 Å². The summed E-state index contributed by atoms with van der Waals surface area (Å²) in [4.78, 5) is 10.5. The second-order valence-electron chi connectivity index (χ2n) is 23.6. The Morgan fingerprint density at radius 3 is 1.72 bits per heavy atom. The van der Waals surface area contributed by atoms with Gasteiger partial charge in [0.25, 0.3) is 0 Å². The Hall–Kier alpha value is -6.26. The highest BCUT2D eigenvalue weighted by molar-refractivity contribution is 5.97. The molecule has 8 aromatic rings. The van der Waals surface area contributed by atoms with Crippen LogP contribution in [-0.4, -0.2) is 19.6 Å². The van der Waals surface area contributed by atoms with Gasteiger partial charge in [-0.15, -0.1) is 0 Å². The van der Waals surface area contributed by atoms with Crippen molar-refractivity contribution in [1.82, 2.24) is 14.5 Å². The van der Waals surface area contributed by atoms with Crippen molar-refractivity contribution in [3.8, 4) is 67.5 Å². The van der Waals surface area contributed by atoms with Gasteiger partial charge in [-0.3, -0.25) is 9.55 Å². The van der Waals surface area contributed by atoms with Crippen LogP contribution in [0.2, 0.25) is 0 Å². The Bertz CT molecular complexity index is 3400. The summed E-state index contributed by atoms with van der Waals surface area (Å²) in [5.41, 5.74) is 13.8. The average molecular weight is 919 g/mol. The van der Waals surface area contributed by atoms with Gasteiger partial charge >= 0.3 is 0 Å². The van der Waals surface area contributed by atoms with E-state index in [0.717, 1.165) is 50.2 Å². The number of rotatable bonds is 8. The Balaban J connectivity index is 1.45. The number of pyridine rings is 1. The largest absolute Gasteiger partial charge is 0.507 e. The van der Waals surface area contributed by atoms with Gasteiger partial charge in [0.15, 0.2) is 0 Å². The van der Waals surface area contributed by atoms with E-state index in [1.807, 2.05) is 87.0 Å². The van der Waals surface area contributed by atoms with E-state index in [1.54, 1.807) is 6.07 Å². The van der Waals surface area contributed by atoms with Crippen LogP contribution in [-0.2, 0) is 21.7 Å². The van der Waals surface area contributed by atoms with Crippen LogP contribution in [0.5, 0.6) is 5.75 Å². The average Bonchev–Trinajstić information content (AvgIpc) is 3.68. The minimum Gasteiger partial charge on any atom is -0.507 e. The zero-order chi connectivity index (χ0) is 54.5. The fourth-order valence-corrected chi connectivity index (χ4v) is 9.44. The molecule has 6 aromatic carbocycles. The van der Waals surface area contributed by atoms with Crippen molar-refractivity contribution in [3.05, 3.63) is 166 Å². The van der Waals surface area contributed by atoms with Gasteiger partial charge in [0.2, 0.25) is 0 Å². The van der Waals surface area contributed by atoms with Crippen LogP contribution >= 0.6 is 0 Å². The molecule has 0 radical (unpaired) electrons. The SMILES string of the molecule is [2H]C([2H])([2H])c1cc(-c2c(C([2H])(C)C)cccc2C([2H])(C)C)ccc1-n1c(-c2cc(C(C)(C)C)cc(C(C)(C)C)c2O)nc2c(-c3cc(-c4cc(-c5ccc(C(C)(C)C)cc5)ccn4)cc(C(C)(C)C)c3)cccc21. The molecule has 0 saturated heterocycles. The number of para-hydroxylation sites is 1. The third-order valence-corrected chi connectivity index (χ3v) is 13.6. The highest BCUT2D eigenvalue weighted by atomic mass is 16.3. The maximum Gasteiger partial charge on any atom is 0.149 e. The number of aromatic nitrogens is 3.